The molecule has 2 aliphatic rings. The summed E-state index contributed by atoms with van der Waals surface area (Å²) in [6, 6.07) is 7.94. The second-order valence-corrected chi connectivity index (χ2v) is 7.42. The molecular formula is C22H26N2O5. The highest BCUT2D eigenvalue weighted by atomic mass is 16.5. The molecule has 1 heterocycles. The summed E-state index contributed by atoms with van der Waals surface area (Å²) in [5, 5.41) is 2.72. The number of carbonyl (C=O) groups excluding carboxylic acids is 4. The smallest absolute Gasteiger partial charge is 0.308 e. The van der Waals surface area contributed by atoms with Crippen LogP contribution in [0.2, 0.25) is 0 Å². The van der Waals surface area contributed by atoms with Crippen LogP contribution in [-0.4, -0.2) is 48.3 Å². The molecule has 3 amide bonds. The molecule has 7 nitrogen and oxygen atoms in total. The lowest BCUT2D eigenvalue weighted by Gasteiger charge is -2.14. The number of hydrogen-bond acceptors (Lipinski definition) is 5. The first kappa shape index (κ1) is 20.8. The van der Waals surface area contributed by atoms with Crippen molar-refractivity contribution in [2.75, 3.05) is 19.7 Å². The van der Waals surface area contributed by atoms with Crippen LogP contribution >= 0.6 is 0 Å². The number of imide groups is 1. The van der Waals surface area contributed by atoms with Crippen molar-refractivity contribution in [3.8, 4) is 0 Å². The zero-order valence-corrected chi connectivity index (χ0v) is 16.6. The monoisotopic (exact) mass is 398 g/mol. The molecule has 0 spiro atoms. The number of fused-ring (bicyclic) bond motifs is 1. The van der Waals surface area contributed by atoms with E-state index in [1.807, 2.05) is 43.3 Å². The molecule has 154 valence electrons. The minimum absolute atomic E-state index is 0.00158. The molecule has 1 aromatic carbocycles. The van der Waals surface area contributed by atoms with Crippen LogP contribution in [0.5, 0.6) is 0 Å². The molecule has 0 unspecified atom stereocenters. The molecule has 3 rings (SSSR count). The number of hydrogen-bond donors (Lipinski definition) is 1. The summed E-state index contributed by atoms with van der Waals surface area (Å²) >= 11 is 0. The first-order valence-electron chi connectivity index (χ1n) is 9.94. The summed E-state index contributed by atoms with van der Waals surface area (Å²) in [6.45, 7) is 2.09. The third-order valence-electron chi connectivity index (χ3n) is 5.48. The molecule has 1 N–H and O–H groups in total. The number of ether oxygens (including phenoxy) is 1. The topological polar surface area (TPSA) is 92.8 Å². The van der Waals surface area contributed by atoms with Gasteiger partial charge in [0.05, 0.1) is 18.3 Å². The van der Waals surface area contributed by atoms with Crippen LogP contribution in [0, 0.1) is 18.8 Å². The highest BCUT2D eigenvalue weighted by Crippen LogP contribution is 2.34. The molecule has 29 heavy (non-hydrogen) atoms. The molecule has 2 atom stereocenters. The molecule has 0 radical (unpaired) electrons. The summed E-state index contributed by atoms with van der Waals surface area (Å²) in [6.07, 6.45) is 5.56. The average Bonchev–Trinajstić information content (AvgIpc) is 2.97. The van der Waals surface area contributed by atoms with E-state index in [2.05, 4.69) is 5.32 Å². The van der Waals surface area contributed by atoms with Gasteiger partial charge in [-0.25, -0.2) is 0 Å². The van der Waals surface area contributed by atoms with Gasteiger partial charge in [-0.2, -0.15) is 0 Å². The Morgan fingerprint density at radius 1 is 1.10 bits per heavy atom. The van der Waals surface area contributed by atoms with Gasteiger partial charge < -0.3 is 10.1 Å². The van der Waals surface area contributed by atoms with Crippen LogP contribution in [0.4, 0.5) is 0 Å². The van der Waals surface area contributed by atoms with Crippen molar-refractivity contribution in [2.24, 2.45) is 11.8 Å². The average molecular weight is 398 g/mol. The van der Waals surface area contributed by atoms with Crippen LogP contribution in [0.25, 0.3) is 0 Å². The van der Waals surface area contributed by atoms with Gasteiger partial charge in [-0.15, -0.1) is 0 Å². The zero-order valence-electron chi connectivity index (χ0n) is 16.6. The number of esters is 1. The fraction of sp³-hybridized carbons (Fsp3) is 0.455. The van der Waals surface area contributed by atoms with Gasteiger partial charge >= 0.3 is 5.97 Å². The molecule has 1 aliphatic carbocycles. The molecular weight excluding hydrogens is 372 g/mol. The van der Waals surface area contributed by atoms with E-state index < -0.39 is 5.97 Å². The van der Waals surface area contributed by atoms with Crippen molar-refractivity contribution in [1.29, 1.82) is 0 Å². The molecule has 0 bridgehead atoms. The zero-order chi connectivity index (χ0) is 20.8. The molecule has 1 aliphatic heterocycles. The fourth-order valence-electron chi connectivity index (χ4n) is 3.79. The number of benzene rings is 1. The summed E-state index contributed by atoms with van der Waals surface area (Å²) in [5.41, 5.74) is 2.32. The van der Waals surface area contributed by atoms with Crippen LogP contribution < -0.4 is 5.32 Å². The van der Waals surface area contributed by atoms with E-state index in [4.69, 9.17) is 4.74 Å². The van der Waals surface area contributed by atoms with E-state index in [1.54, 1.807) is 0 Å². The highest BCUT2D eigenvalue weighted by Gasteiger charge is 2.46. The van der Waals surface area contributed by atoms with E-state index >= 15 is 0 Å². The fourth-order valence-corrected chi connectivity index (χ4v) is 3.79. The quantitative estimate of drug-likeness (QED) is 0.407. The maximum atomic E-state index is 12.3. The Bertz CT molecular complexity index is 806. The Morgan fingerprint density at radius 2 is 1.76 bits per heavy atom. The van der Waals surface area contributed by atoms with Crippen molar-refractivity contribution < 1.29 is 23.9 Å². The first-order valence-corrected chi connectivity index (χ1v) is 9.94. The van der Waals surface area contributed by atoms with Gasteiger partial charge in [-0.1, -0.05) is 36.4 Å². The standard InChI is InChI=1S/C22H26N2O5/c1-15-6-2-3-7-16(15)10-12-23-19(25)14-29-20(26)11-13-24-21(27)17-8-4-5-9-18(17)22(24)28/h2-7,17-18H,8-14H2,1H3,(H,23,25)/t17-,18+. The molecule has 1 fully saturated rings. The first-order chi connectivity index (χ1) is 14.0. The van der Waals surface area contributed by atoms with E-state index in [0.29, 0.717) is 25.8 Å². The lowest BCUT2D eigenvalue weighted by molar-refractivity contribution is -0.149. The maximum absolute atomic E-state index is 12.3. The van der Waals surface area contributed by atoms with Gasteiger partial charge in [-0.05, 0) is 37.3 Å². The minimum Gasteiger partial charge on any atom is -0.456 e. The minimum atomic E-state index is -0.604. The van der Waals surface area contributed by atoms with Gasteiger partial charge in [0.2, 0.25) is 11.8 Å². The Hall–Kier alpha value is -2.96. The number of nitrogens with one attached hydrogen (secondary N) is 1. The Kier molecular flexibility index (Phi) is 6.80. The normalized spacial score (nSPS) is 20.5. The molecule has 0 aromatic heterocycles. The Balaban J connectivity index is 1.35. The third kappa shape index (κ3) is 5.10. The number of amides is 3. The van der Waals surface area contributed by atoms with Crippen molar-refractivity contribution in [3.05, 3.63) is 47.5 Å². The number of rotatable bonds is 8. The van der Waals surface area contributed by atoms with Crippen LogP contribution in [0.1, 0.15) is 30.4 Å². The van der Waals surface area contributed by atoms with E-state index in [-0.39, 0.29) is 49.1 Å². The second-order valence-electron chi connectivity index (χ2n) is 7.42. The van der Waals surface area contributed by atoms with Crippen molar-refractivity contribution in [2.45, 2.75) is 32.6 Å². The molecule has 1 saturated heterocycles. The lowest BCUT2D eigenvalue weighted by atomic mass is 9.85. The van der Waals surface area contributed by atoms with Crippen LogP contribution in [-0.2, 0) is 30.3 Å². The van der Waals surface area contributed by atoms with Gasteiger partial charge in [-0.3, -0.25) is 24.1 Å². The van der Waals surface area contributed by atoms with E-state index in [9.17, 15) is 19.2 Å². The SMILES string of the molecule is Cc1ccccc1CCNC(=O)COC(=O)CCN1C(=O)[C@H]2CC=CC[C@H]2C1=O. The largest absolute Gasteiger partial charge is 0.456 e. The lowest BCUT2D eigenvalue weighted by Crippen LogP contribution is -2.34. The van der Waals surface area contributed by atoms with Crippen molar-refractivity contribution >= 4 is 23.7 Å². The molecule has 1 aromatic rings. The third-order valence-corrected chi connectivity index (χ3v) is 5.48. The van der Waals surface area contributed by atoms with E-state index in [1.165, 1.54) is 0 Å². The van der Waals surface area contributed by atoms with Crippen molar-refractivity contribution in [3.63, 3.8) is 0 Å². The number of allylic oxidation sites excluding steroid dienone is 2. The number of likely N-dealkylation sites (tertiary alicyclic amines) is 1. The predicted octanol–water partition coefficient (Wildman–Crippen LogP) is 1.54. The predicted molar refractivity (Wildman–Crippen MR) is 106 cm³/mol. The van der Waals surface area contributed by atoms with Gasteiger partial charge in [0, 0.05) is 13.1 Å². The van der Waals surface area contributed by atoms with E-state index in [0.717, 1.165) is 16.0 Å². The number of carbonyl (C=O) groups is 4. The molecule has 7 heteroatoms. The molecule has 0 saturated carbocycles. The van der Waals surface area contributed by atoms with Gasteiger partial charge in [0.1, 0.15) is 0 Å². The van der Waals surface area contributed by atoms with Gasteiger partial charge in [0.15, 0.2) is 6.61 Å². The highest BCUT2D eigenvalue weighted by molar-refractivity contribution is 6.05. The number of nitrogens with zero attached hydrogens (tertiary/aromatic N) is 1. The Morgan fingerprint density at radius 3 is 2.41 bits per heavy atom. The summed E-state index contributed by atoms with van der Waals surface area (Å²) in [4.78, 5) is 49.6. The Labute approximate surface area is 170 Å². The van der Waals surface area contributed by atoms with Crippen LogP contribution in [0.15, 0.2) is 36.4 Å². The van der Waals surface area contributed by atoms with Crippen molar-refractivity contribution in [1.82, 2.24) is 10.2 Å². The van der Waals surface area contributed by atoms with Gasteiger partial charge in [0.25, 0.3) is 5.91 Å². The second kappa shape index (κ2) is 9.49. The summed E-state index contributed by atoms with van der Waals surface area (Å²) in [7, 11) is 0. The summed E-state index contributed by atoms with van der Waals surface area (Å²) < 4.78 is 4.97. The maximum Gasteiger partial charge on any atom is 0.308 e. The van der Waals surface area contributed by atoms with Crippen LogP contribution in [0.3, 0.4) is 0 Å². The summed E-state index contributed by atoms with van der Waals surface area (Å²) in [5.74, 6) is -2.02. The number of aryl methyl sites for hydroxylation is 1.